The molecule has 4 nitrogen and oxygen atoms in total. The summed E-state index contributed by atoms with van der Waals surface area (Å²) in [7, 11) is 0. The number of anilines is 2. The number of nitrogens with two attached hydrogens (primary N) is 1. The van der Waals surface area contributed by atoms with Crippen LogP contribution in [0.2, 0.25) is 5.02 Å². The van der Waals surface area contributed by atoms with Crippen LogP contribution in [0.4, 0.5) is 11.4 Å². The summed E-state index contributed by atoms with van der Waals surface area (Å²) >= 11 is 11.2. The normalized spacial score (nSPS) is 10.0. The van der Waals surface area contributed by atoms with Crippen molar-refractivity contribution in [3.8, 4) is 0 Å². The van der Waals surface area contributed by atoms with Crippen molar-refractivity contribution >= 4 is 46.2 Å². The molecule has 0 saturated heterocycles. The lowest BCUT2D eigenvalue weighted by atomic mass is 10.2. The summed E-state index contributed by atoms with van der Waals surface area (Å²) in [5, 5.41) is 7.18. The number of amides is 1. The molecule has 6 heteroatoms. The highest BCUT2D eigenvalue weighted by atomic mass is 35.5. The number of primary amides is 1. The number of carbonyl (C=O) groups excluding carboxylic acids is 1. The van der Waals surface area contributed by atoms with E-state index in [-0.39, 0.29) is 0 Å². The third-order valence-electron chi connectivity index (χ3n) is 2.88. The molecule has 0 radical (unpaired) electrons. The zero-order chi connectivity index (χ0) is 15.4. The Hall–Kier alpha value is -2.11. The minimum absolute atomic E-state index is 0.437. The van der Waals surface area contributed by atoms with Crippen molar-refractivity contribution in [1.29, 1.82) is 0 Å². The number of hydrogen-bond acceptors (Lipinski definition) is 2. The fraction of sp³-hybridized carbons (Fsp3) is 0.0667. The first-order valence-corrected chi connectivity index (χ1v) is 6.98. The molecule has 2 rings (SSSR count). The first-order valence-electron chi connectivity index (χ1n) is 6.20. The van der Waals surface area contributed by atoms with Gasteiger partial charge in [0.15, 0.2) is 5.11 Å². The van der Waals surface area contributed by atoms with Gasteiger partial charge in [-0.3, -0.25) is 4.79 Å². The Kier molecular flexibility index (Phi) is 4.77. The number of benzene rings is 2. The van der Waals surface area contributed by atoms with E-state index in [0.717, 1.165) is 16.9 Å². The highest BCUT2D eigenvalue weighted by molar-refractivity contribution is 7.80. The van der Waals surface area contributed by atoms with Crippen molar-refractivity contribution in [3.63, 3.8) is 0 Å². The fourth-order valence-electron chi connectivity index (χ4n) is 1.73. The van der Waals surface area contributed by atoms with E-state index in [1.807, 2.05) is 19.1 Å². The van der Waals surface area contributed by atoms with E-state index in [4.69, 9.17) is 29.6 Å². The van der Waals surface area contributed by atoms with Gasteiger partial charge >= 0.3 is 0 Å². The maximum atomic E-state index is 11.0. The van der Waals surface area contributed by atoms with E-state index in [1.54, 1.807) is 30.3 Å². The summed E-state index contributed by atoms with van der Waals surface area (Å²) in [6.07, 6.45) is 0. The summed E-state index contributed by atoms with van der Waals surface area (Å²) in [6.45, 7) is 1.96. The van der Waals surface area contributed by atoms with Crippen molar-refractivity contribution in [2.75, 3.05) is 10.6 Å². The van der Waals surface area contributed by atoms with Gasteiger partial charge in [0.2, 0.25) is 5.91 Å². The second-order valence-electron chi connectivity index (χ2n) is 4.48. The molecule has 2 aromatic rings. The number of thiocarbonyl (C=S) groups is 1. The van der Waals surface area contributed by atoms with Crippen LogP contribution in [0.5, 0.6) is 0 Å². The highest BCUT2D eigenvalue weighted by Crippen LogP contribution is 2.20. The van der Waals surface area contributed by atoms with Crippen LogP contribution in [0.3, 0.4) is 0 Å². The number of nitrogens with one attached hydrogen (secondary N) is 2. The molecule has 2 aromatic carbocycles. The number of halogens is 1. The van der Waals surface area contributed by atoms with Gasteiger partial charge in [0.25, 0.3) is 0 Å². The average Bonchev–Trinajstić information content (AvgIpc) is 2.43. The maximum absolute atomic E-state index is 11.0. The minimum Gasteiger partial charge on any atom is -0.366 e. The monoisotopic (exact) mass is 319 g/mol. The Morgan fingerprint density at radius 2 is 1.81 bits per heavy atom. The van der Waals surface area contributed by atoms with Gasteiger partial charge in [0, 0.05) is 22.0 Å². The summed E-state index contributed by atoms with van der Waals surface area (Å²) in [6, 6.07) is 12.3. The molecule has 0 bridgehead atoms. The largest absolute Gasteiger partial charge is 0.366 e. The van der Waals surface area contributed by atoms with Crippen molar-refractivity contribution in [2.45, 2.75) is 6.92 Å². The standard InChI is InChI=1S/C15H14ClN3OS/c1-9-2-5-11(16)8-13(9)19-15(21)18-12-6-3-10(4-7-12)14(17)20/h2-8H,1H3,(H2,17,20)(H2,18,19,21). The summed E-state index contributed by atoms with van der Waals surface area (Å²) in [5.41, 5.74) is 8.27. The second-order valence-corrected chi connectivity index (χ2v) is 5.32. The topological polar surface area (TPSA) is 67.2 Å². The number of hydrogen-bond donors (Lipinski definition) is 3. The Labute approximate surface area is 133 Å². The van der Waals surface area contributed by atoms with E-state index < -0.39 is 5.91 Å². The first kappa shape index (κ1) is 15.3. The Bertz CT molecular complexity index is 686. The zero-order valence-electron chi connectivity index (χ0n) is 11.3. The molecule has 0 aromatic heterocycles. The van der Waals surface area contributed by atoms with Gasteiger partial charge in [0.05, 0.1) is 0 Å². The van der Waals surface area contributed by atoms with Crippen LogP contribution in [0, 0.1) is 6.92 Å². The molecule has 0 aliphatic rings. The Balaban J connectivity index is 2.04. The van der Waals surface area contributed by atoms with E-state index in [1.165, 1.54) is 0 Å². The molecule has 0 fully saturated rings. The zero-order valence-corrected chi connectivity index (χ0v) is 12.9. The molecule has 0 aliphatic heterocycles. The maximum Gasteiger partial charge on any atom is 0.248 e. The molecule has 0 heterocycles. The minimum atomic E-state index is -0.461. The smallest absolute Gasteiger partial charge is 0.248 e. The molecule has 0 unspecified atom stereocenters. The molecule has 0 saturated carbocycles. The molecule has 21 heavy (non-hydrogen) atoms. The molecule has 0 atom stereocenters. The summed E-state index contributed by atoms with van der Waals surface area (Å²) in [5.74, 6) is -0.461. The van der Waals surface area contributed by atoms with Crippen LogP contribution >= 0.6 is 23.8 Å². The Morgan fingerprint density at radius 1 is 1.14 bits per heavy atom. The van der Waals surface area contributed by atoms with E-state index in [9.17, 15) is 4.79 Å². The van der Waals surface area contributed by atoms with Crippen molar-refractivity contribution in [1.82, 2.24) is 0 Å². The second kappa shape index (κ2) is 6.56. The molecule has 108 valence electrons. The van der Waals surface area contributed by atoms with Gasteiger partial charge in [-0.25, -0.2) is 0 Å². The number of rotatable bonds is 3. The van der Waals surface area contributed by atoms with Crippen LogP contribution in [-0.4, -0.2) is 11.0 Å². The SMILES string of the molecule is Cc1ccc(Cl)cc1NC(=S)Nc1ccc(C(N)=O)cc1. The molecule has 0 aliphatic carbocycles. The van der Waals surface area contributed by atoms with Crippen molar-refractivity contribution in [2.24, 2.45) is 5.73 Å². The molecular weight excluding hydrogens is 306 g/mol. The van der Waals surface area contributed by atoms with Crippen LogP contribution < -0.4 is 16.4 Å². The number of carbonyl (C=O) groups is 1. The fourth-order valence-corrected chi connectivity index (χ4v) is 2.13. The number of aryl methyl sites for hydroxylation is 1. The molecular formula is C15H14ClN3OS. The van der Waals surface area contributed by atoms with E-state index in [0.29, 0.717) is 15.7 Å². The summed E-state index contributed by atoms with van der Waals surface area (Å²) in [4.78, 5) is 11.0. The van der Waals surface area contributed by atoms with Gasteiger partial charge in [0.1, 0.15) is 0 Å². The Morgan fingerprint density at radius 3 is 2.43 bits per heavy atom. The van der Waals surface area contributed by atoms with Gasteiger partial charge in [-0.1, -0.05) is 17.7 Å². The van der Waals surface area contributed by atoms with Crippen LogP contribution in [-0.2, 0) is 0 Å². The lowest BCUT2D eigenvalue weighted by Crippen LogP contribution is -2.19. The lowest BCUT2D eigenvalue weighted by Gasteiger charge is -2.13. The van der Waals surface area contributed by atoms with E-state index in [2.05, 4.69) is 10.6 Å². The molecule has 1 amide bonds. The van der Waals surface area contributed by atoms with Crippen molar-refractivity contribution in [3.05, 3.63) is 58.6 Å². The predicted octanol–water partition coefficient (Wildman–Crippen LogP) is 3.56. The average molecular weight is 320 g/mol. The molecule has 4 N–H and O–H groups in total. The van der Waals surface area contributed by atoms with Gasteiger partial charge in [-0.15, -0.1) is 0 Å². The van der Waals surface area contributed by atoms with Crippen LogP contribution in [0.1, 0.15) is 15.9 Å². The van der Waals surface area contributed by atoms with Crippen LogP contribution in [0.25, 0.3) is 0 Å². The third kappa shape index (κ3) is 4.18. The van der Waals surface area contributed by atoms with Gasteiger partial charge in [-0.05, 0) is 61.1 Å². The predicted molar refractivity (Wildman–Crippen MR) is 91.0 cm³/mol. The van der Waals surface area contributed by atoms with Crippen LogP contribution in [0.15, 0.2) is 42.5 Å². The lowest BCUT2D eigenvalue weighted by molar-refractivity contribution is 0.100. The van der Waals surface area contributed by atoms with E-state index >= 15 is 0 Å². The summed E-state index contributed by atoms with van der Waals surface area (Å²) < 4.78 is 0. The highest BCUT2D eigenvalue weighted by Gasteiger charge is 2.04. The van der Waals surface area contributed by atoms with Gasteiger partial charge in [-0.2, -0.15) is 0 Å². The molecule has 0 spiro atoms. The first-order chi connectivity index (χ1) is 9.95. The van der Waals surface area contributed by atoms with Gasteiger partial charge < -0.3 is 16.4 Å². The third-order valence-corrected chi connectivity index (χ3v) is 3.31. The van der Waals surface area contributed by atoms with Crippen molar-refractivity contribution < 1.29 is 4.79 Å². The quantitative estimate of drug-likeness (QED) is 0.757.